The van der Waals surface area contributed by atoms with Gasteiger partial charge in [0.1, 0.15) is 0 Å². The van der Waals surface area contributed by atoms with Crippen molar-refractivity contribution in [3.8, 4) is 0 Å². The first-order valence-electron chi connectivity index (χ1n) is 7.78. The fraction of sp³-hybridized carbons (Fsp3) is 0.100. The Morgan fingerprint density at radius 1 is 0.783 bits per heavy atom. The Hall–Kier alpha value is -2.94. The molecule has 0 bridgehead atoms. The summed E-state index contributed by atoms with van der Waals surface area (Å²) in [5.41, 5.74) is 3.49. The lowest BCUT2D eigenvalue weighted by atomic mass is 10.0. The summed E-state index contributed by atoms with van der Waals surface area (Å²) < 4.78 is 2.07. The molecule has 0 aliphatic rings. The van der Waals surface area contributed by atoms with Gasteiger partial charge in [0.15, 0.2) is 10.9 Å². The van der Waals surface area contributed by atoms with Crippen LogP contribution in [0, 0.1) is 0 Å². The van der Waals surface area contributed by atoms with E-state index < -0.39 is 0 Å². The average Bonchev–Trinajstić information content (AvgIpc) is 2.88. The third kappa shape index (κ3) is 1.44. The molecule has 0 aliphatic carbocycles. The number of aromatic nitrogens is 1. The molecule has 0 saturated carbocycles. The third-order valence-corrected chi connectivity index (χ3v) is 4.83. The highest BCUT2D eigenvalue weighted by Crippen LogP contribution is 2.32. The molecule has 2 aromatic carbocycles. The van der Waals surface area contributed by atoms with Gasteiger partial charge in [-0.05, 0) is 24.1 Å². The number of aryl methyl sites for hydroxylation is 1. The first-order chi connectivity index (χ1) is 11.2. The summed E-state index contributed by atoms with van der Waals surface area (Å²) in [6, 6.07) is 15.2. The monoisotopic (exact) mass is 299 g/mol. The molecule has 23 heavy (non-hydrogen) atoms. The first-order valence-corrected chi connectivity index (χ1v) is 7.78. The molecule has 0 fully saturated rings. The van der Waals surface area contributed by atoms with Gasteiger partial charge in [-0.1, -0.05) is 31.2 Å². The van der Waals surface area contributed by atoms with Crippen LogP contribution >= 0.6 is 0 Å². The Labute approximate surface area is 131 Å². The molecule has 0 N–H and O–H groups in total. The van der Waals surface area contributed by atoms with E-state index in [1.807, 2.05) is 43.3 Å². The summed E-state index contributed by atoms with van der Waals surface area (Å²) in [5, 5.41) is 3.29. The van der Waals surface area contributed by atoms with Crippen molar-refractivity contribution < 1.29 is 0 Å². The van der Waals surface area contributed by atoms with Crippen LogP contribution in [0.1, 0.15) is 12.5 Å². The number of hydrogen-bond donors (Lipinski definition) is 0. The molecular weight excluding hydrogens is 286 g/mol. The van der Waals surface area contributed by atoms with Crippen molar-refractivity contribution in [3.63, 3.8) is 0 Å². The van der Waals surface area contributed by atoms with Crippen molar-refractivity contribution in [1.29, 1.82) is 0 Å². The van der Waals surface area contributed by atoms with E-state index in [2.05, 4.69) is 4.40 Å². The summed E-state index contributed by atoms with van der Waals surface area (Å²) in [6.45, 7) is 2.03. The Kier molecular flexibility index (Phi) is 2.23. The molecular formula is C20H13NO2. The average molecular weight is 299 g/mol. The highest BCUT2D eigenvalue weighted by molar-refractivity contribution is 6.13. The SMILES string of the molecule is CCc1cc2c(=O)cc3c4ccccc4c4cc(=O)c(c1)c2n34. The zero-order chi connectivity index (χ0) is 15.7. The maximum atomic E-state index is 12.7. The summed E-state index contributed by atoms with van der Waals surface area (Å²) in [7, 11) is 0. The van der Waals surface area contributed by atoms with Gasteiger partial charge >= 0.3 is 0 Å². The van der Waals surface area contributed by atoms with Gasteiger partial charge in [-0.15, -0.1) is 0 Å². The molecule has 0 saturated heterocycles. The first kappa shape index (κ1) is 12.6. The fourth-order valence-electron chi connectivity index (χ4n) is 3.74. The molecule has 3 heteroatoms. The number of hydrogen-bond acceptors (Lipinski definition) is 2. The molecule has 5 aromatic rings. The van der Waals surface area contributed by atoms with Crippen molar-refractivity contribution in [2.75, 3.05) is 0 Å². The van der Waals surface area contributed by atoms with E-state index in [4.69, 9.17) is 0 Å². The molecule has 0 spiro atoms. The Balaban J connectivity index is 2.26. The normalized spacial score (nSPS) is 12.2. The summed E-state index contributed by atoms with van der Waals surface area (Å²) >= 11 is 0. The van der Waals surface area contributed by atoms with E-state index in [1.54, 1.807) is 12.1 Å². The van der Waals surface area contributed by atoms with Crippen molar-refractivity contribution in [2.24, 2.45) is 0 Å². The molecule has 0 aliphatic heterocycles. The van der Waals surface area contributed by atoms with Crippen LogP contribution < -0.4 is 10.9 Å². The summed E-state index contributed by atoms with van der Waals surface area (Å²) in [6.07, 6.45) is 0.800. The minimum Gasteiger partial charge on any atom is -0.307 e. The van der Waals surface area contributed by atoms with E-state index in [0.29, 0.717) is 10.8 Å². The number of rotatable bonds is 1. The van der Waals surface area contributed by atoms with Crippen LogP contribution in [0.25, 0.3) is 38.1 Å². The van der Waals surface area contributed by atoms with Gasteiger partial charge in [-0.2, -0.15) is 0 Å². The van der Waals surface area contributed by atoms with Crippen LogP contribution in [0.3, 0.4) is 0 Å². The van der Waals surface area contributed by atoms with Gasteiger partial charge in [0, 0.05) is 33.7 Å². The van der Waals surface area contributed by atoms with Crippen molar-refractivity contribution in [1.82, 2.24) is 4.40 Å². The Bertz CT molecular complexity index is 1230. The van der Waals surface area contributed by atoms with E-state index in [0.717, 1.165) is 39.3 Å². The predicted octanol–water partition coefficient (Wildman–Crippen LogP) is 3.56. The standard InChI is InChI=1S/C20H13NO2/c1-2-11-7-14-18(22)9-16-12-5-3-4-6-13(12)17-10-19(23)15(8-11)20(14)21(16)17/h3-10H,2H2,1H3. The summed E-state index contributed by atoms with van der Waals surface area (Å²) in [4.78, 5) is 25.3. The van der Waals surface area contributed by atoms with E-state index in [-0.39, 0.29) is 10.9 Å². The number of pyridine rings is 2. The molecule has 0 amide bonds. The van der Waals surface area contributed by atoms with Gasteiger partial charge in [0.25, 0.3) is 0 Å². The van der Waals surface area contributed by atoms with Crippen LogP contribution in [-0.2, 0) is 6.42 Å². The molecule has 0 radical (unpaired) electrons. The number of fused-ring (bicyclic) bond motifs is 3. The summed E-state index contributed by atoms with van der Waals surface area (Å²) in [5.74, 6) is 0. The lowest BCUT2D eigenvalue weighted by molar-refractivity contribution is 1.15. The zero-order valence-corrected chi connectivity index (χ0v) is 12.6. The van der Waals surface area contributed by atoms with Crippen molar-refractivity contribution in [3.05, 3.63) is 74.5 Å². The molecule has 3 heterocycles. The fourth-order valence-corrected chi connectivity index (χ4v) is 3.74. The Morgan fingerprint density at radius 2 is 1.30 bits per heavy atom. The molecule has 0 unspecified atom stereocenters. The van der Waals surface area contributed by atoms with Gasteiger partial charge in [0.05, 0.1) is 16.6 Å². The Morgan fingerprint density at radius 3 is 1.78 bits per heavy atom. The second kappa shape index (κ2) is 4.07. The van der Waals surface area contributed by atoms with E-state index in [1.165, 1.54) is 0 Å². The lowest BCUT2D eigenvalue weighted by Gasteiger charge is -2.09. The zero-order valence-electron chi connectivity index (χ0n) is 12.6. The van der Waals surface area contributed by atoms with Gasteiger partial charge in [-0.25, -0.2) is 0 Å². The molecule has 3 nitrogen and oxygen atoms in total. The van der Waals surface area contributed by atoms with Gasteiger partial charge in [-0.3, -0.25) is 9.59 Å². The smallest absolute Gasteiger partial charge is 0.190 e. The minimum absolute atomic E-state index is 0.0199. The number of nitrogens with zero attached hydrogens (tertiary/aromatic N) is 1. The lowest BCUT2D eigenvalue weighted by Crippen LogP contribution is -2.11. The quantitative estimate of drug-likeness (QED) is 0.475. The topological polar surface area (TPSA) is 38.5 Å². The van der Waals surface area contributed by atoms with Crippen LogP contribution in [-0.4, -0.2) is 4.40 Å². The molecule has 3 aromatic heterocycles. The van der Waals surface area contributed by atoms with Crippen LogP contribution in [0.5, 0.6) is 0 Å². The van der Waals surface area contributed by atoms with Crippen molar-refractivity contribution in [2.45, 2.75) is 13.3 Å². The highest BCUT2D eigenvalue weighted by atomic mass is 16.1. The minimum atomic E-state index is -0.0199. The van der Waals surface area contributed by atoms with Crippen molar-refractivity contribution >= 4 is 38.1 Å². The number of benzene rings is 2. The third-order valence-electron chi connectivity index (χ3n) is 4.83. The van der Waals surface area contributed by atoms with Gasteiger partial charge < -0.3 is 4.40 Å². The maximum Gasteiger partial charge on any atom is 0.190 e. The van der Waals surface area contributed by atoms with Gasteiger partial charge in [0.2, 0.25) is 0 Å². The van der Waals surface area contributed by atoms with Crippen LogP contribution in [0.4, 0.5) is 0 Å². The molecule has 0 atom stereocenters. The molecule has 110 valence electrons. The predicted molar refractivity (Wildman–Crippen MR) is 94.2 cm³/mol. The highest BCUT2D eigenvalue weighted by Gasteiger charge is 2.17. The van der Waals surface area contributed by atoms with Crippen LogP contribution in [0.2, 0.25) is 0 Å². The second-order valence-corrected chi connectivity index (χ2v) is 6.06. The largest absolute Gasteiger partial charge is 0.307 e. The van der Waals surface area contributed by atoms with Crippen LogP contribution in [0.15, 0.2) is 58.1 Å². The molecule has 5 rings (SSSR count). The second-order valence-electron chi connectivity index (χ2n) is 6.06. The maximum absolute atomic E-state index is 12.7. The van der Waals surface area contributed by atoms with E-state index in [9.17, 15) is 9.59 Å². The van der Waals surface area contributed by atoms with E-state index >= 15 is 0 Å².